The highest BCUT2D eigenvalue weighted by atomic mass is 19.1. The van der Waals surface area contributed by atoms with Crippen molar-refractivity contribution in [1.29, 1.82) is 0 Å². The van der Waals surface area contributed by atoms with Crippen LogP contribution >= 0.6 is 0 Å². The molecule has 2 bridgehead atoms. The predicted molar refractivity (Wildman–Crippen MR) is 129 cm³/mol. The minimum absolute atomic E-state index is 0.0245. The van der Waals surface area contributed by atoms with Crippen LogP contribution in [0.25, 0.3) is 32.9 Å². The molecule has 0 spiro atoms. The van der Waals surface area contributed by atoms with Crippen molar-refractivity contribution < 1.29 is 18.6 Å². The van der Waals surface area contributed by atoms with Gasteiger partial charge in [0.15, 0.2) is 5.82 Å². The first-order valence-corrected chi connectivity index (χ1v) is 11.5. The van der Waals surface area contributed by atoms with Gasteiger partial charge in [0.1, 0.15) is 28.6 Å². The quantitative estimate of drug-likeness (QED) is 0.421. The zero-order chi connectivity index (χ0) is 24.3. The van der Waals surface area contributed by atoms with Crippen molar-refractivity contribution >= 4 is 27.5 Å². The number of rotatable bonds is 3. The number of fused-ring (bicyclic) bond motifs is 4. The number of halogens is 2. The van der Waals surface area contributed by atoms with E-state index >= 15 is 4.39 Å². The van der Waals surface area contributed by atoms with Crippen LogP contribution in [0.4, 0.5) is 14.6 Å². The number of piperidine rings is 1. The van der Waals surface area contributed by atoms with E-state index in [9.17, 15) is 9.50 Å². The molecule has 1 saturated heterocycles. The second-order valence-corrected chi connectivity index (χ2v) is 9.33. The predicted octanol–water partition coefficient (Wildman–Crippen LogP) is 5.06. The van der Waals surface area contributed by atoms with Crippen LogP contribution in [0.5, 0.6) is 11.8 Å². The third kappa shape index (κ3) is 3.42. The number of pyridine rings is 1. The van der Waals surface area contributed by atoms with E-state index in [1.165, 1.54) is 56.8 Å². The van der Waals surface area contributed by atoms with Gasteiger partial charge in [-0.1, -0.05) is 12.0 Å². The first-order valence-electron chi connectivity index (χ1n) is 11.5. The van der Waals surface area contributed by atoms with Crippen molar-refractivity contribution in [2.24, 2.45) is 11.8 Å². The summed E-state index contributed by atoms with van der Waals surface area (Å²) in [5, 5.41) is 11.6. The number of hydrogen-bond acceptors (Lipinski definition) is 6. The lowest BCUT2D eigenvalue weighted by atomic mass is 9.95. The first-order chi connectivity index (χ1) is 17.0. The Kier molecular flexibility index (Phi) is 4.95. The molecule has 1 aliphatic heterocycles. The smallest absolute Gasteiger partial charge is 0.318 e. The number of aromatic hydroxyl groups is 1. The maximum Gasteiger partial charge on any atom is 0.318 e. The lowest BCUT2D eigenvalue weighted by Gasteiger charge is -2.33. The average Bonchev–Trinajstić information content (AvgIpc) is 3.20. The molecule has 35 heavy (non-hydrogen) atoms. The van der Waals surface area contributed by atoms with E-state index in [4.69, 9.17) is 11.2 Å². The summed E-state index contributed by atoms with van der Waals surface area (Å²) in [4.78, 5) is 15.4. The SMILES string of the molecule is C#Cc1c(F)ccc2cc(O)cc(-c3ncc4c(N5CC6CCC(C6)C5)nc(OC)nc4c3F)c12. The molecular weight excluding hydrogens is 450 g/mol. The highest BCUT2D eigenvalue weighted by Crippen LogP contribution is 2.41. The van der Waals surface area contributed by atoms with Crippen molar-refractivity contribution in [3.63, 3.8) is 0 Å². The second-order valence-electron chi connectivity index (χ2n) is 9.33. The molecule has 6 rings (SSSR count). The lowest BCUT2D eigenvalue weighted by Crippen LogP contribution is -2.37. The maximum absolute atomic E-state index is 16.1. The molecule has 3 heterocycles. The fourth-order valence-electron chi connectivity index (χ4n) is 5.68. The molecular formula is C27H22F2N4O2. The molecule has 0 radical (unpaired) electrons. The molecule has 2 aromatic carbocycles. The van der Waals surface area contributed by atoms with E-state index in [1.54, 1.807) is 0 Å². The van der Waals surface area contributed by atoms with Gasteiger partial charge in [-0.25, -0.2) is 8.78 Å². The Morgan fingerprint density at radius 2 is 1.91 bits per heavy atom. The van der Waals surface area contributed by atoms with Crippen LogP contribution in [0.1, 0.15) is 24.8 Å². The van der Waals surface area contributed by atoms with E-state index in [-0.39, 0.29) is 34.1 Å². The van der Waals surface area contributed by atoms with E-state index in [2.05, 4.69) is 25.8 Å². The highest BCUT2D eigenvalue weighted by Gasteiger charge is 2.34. The minimum Gasteiger partial charge on any atom is -0.508 e. The van der Waals surface area contributed by atoms with Gasteiger partial charge in [0.2, 0.25) is 0 Å². The van der Waals surface area contributed by atoms with E-state index < -0.39 is 11.6 Å². The fraction of sp³-hybridized carbons (Fsp3) is 0.296. The van der Waals surface area contributed by atoms with Crippen LogP contribution in [0, 0.1) is 35.8 Å². The Morgan fingerprint density at radius 3 is 2.63 bits per heavy atom. The molecule has 4 aromatic rings. The van der Waals surface area contributed by atoms with Crippen LogP contribution in [-0.2, 0) is 0 Å². The molecule has 2 aliphatic rings. The summed E-state index contributed by atoms with van der Waals surface area (Å²) in [7, 11) is 1.44. The number of hydrogen-bond donors (Lipinski definition) is 1. The summed E-state index contributed by atoms with van der Waals surface area (Å²) >= 11 is 0. The summed E-state index contributed by atoms with van der Waals surface area (Å²) in [5.41, 5.74) is 0.112. The van der Waals surface area contributed by atoms with Gasteiger partial charge in [0, 0.05) is 30.2 Å². The molecule has 6 nitrogen and oxygen atoms in total. The molecule has 1 aliphatic carbocycles. The summed E-state index contributed by atoms with van der Waals surface area (Å²) in [6, 6.07) is 5.55. The number of methoxy groups -OCH3 is 1. The number of phenolic OH excluding ortho intramolecular Hbond substituents is 1. The topological polar surface area (TPSA) is 71.4 Å². The third-order valence-corrected chi connectivity index (χ3v) is 7.18. The van der Waals surface area contributed by atoms with E-state index in [1.807, 2.05) is 0 Å². The number of benzene rings is 2. The number of terminal acetylenes is 1. The highest BCUT2D eigenvalue weighted by molar-refractivity contribution is 6.03. The number of phenols is 1. The molecule has 176 valence electrons. The van der Waals surface area contributed by atoms with Gasteiger partial charge in [0.05, 0.1) is 18.1 Å². The third-order valence-electron chi connectivity index (χ3n) is 7.18. The van der Waals surface area contributed by atoms with Crippen molar-refractivity contribution in [3.05, 3.63) is 47.7 Å². The van der Waals surface area contributed by atoms with Crippen LogP contribution < -0.4 is 9.64 Å². The van der Waals surface area contributed by atoms with E-state index in [0.717, 1.165) is 13.1 Å². The van der Waals surface area contributed by atoms with Crippen LogP contribution in [0.15, 0.2) is 30.5 Å². The lowest BCUT2D eigenvalue weighted by molar-refractivity contribution is 0.378. The molecule has 1 saturated carbocycles. The Hall–Kier alpha value is -3.99. The zero-order valence-electron chi connectivity index (χ0n) is 19.1. The molecule has 1 N–H and O–H groups in total. The Morgan fingerprint density at radius 1 is 1.14 bits per heavy atom. The van der Waals surface area contributed by atoms with Gasteiger partial charge in [-0.3, -0.25) is 4.98 Å². The van der Waals surface area contributed by atoms with Gasteiger partial charge in [-0.15, -0.1) is 6.42 Å². The summed E-state index contributed by atoms with van der Waals surface area (Å²) in [5.74, 6) is 2.69. The first kappa shape index (κ1) is 21.5. The van der Waals surface area contributed by atoms with Gasteiger partial charge in [0.25, 0.3) is 0 Å². The zero-order valence-corrected chi connectivity index (χ0v) is 19.1. The molecule has 8 heteroatoms. The normalized spacial score (nSPS) is 19.3. The second kappa shape index (κ2) is 8.05. The molecule has 2 aromatic heterocycles. The van der Waals surface area contributed by atoms with Crippen molar-refractivity contribution in [2.75, 3.05) is 25.1 Å². The monoisotopic (exact) mass is 472 g/mol. The van der Waals surface area contributed by atoms with Gasteiger partial charge in [-0.2, -0.15) is 9.97 Å². The van der Waals surface area contributed by atoms with Gasteiger partial charge >= 0.3 is 6.01 Å². The van der Waals surface area contributed by atoms with Crippen molar-refractivity contribution in [3.8, 4) is 35.4 Å². The standard InChI is InChI=1S/C27H22F2N4O2/c1-3-18-21(28)7-6-16-9-17(34)10-19(22(16)18)24-23(29)25-20(11-30-24)26(32-27(31-25)35-2)33-12-14-4-5-15(8-14)13-33/h1,6-7,9-11,14-15,34H,4-5,8,12-13H2,2H3. The largest absolute Gasteiger partial charge is 0.508 e. The molecule has 0 amide bonds. The number of anilines is 1. The molecule has 2 atom stereocenters. The van der Waals surface area contributed by atoms with Crippen molar-refractivity contribution in [2.45, 2.75) is 19.3 Å². The Bertz CT molecular complexity index is 1540. The summed E-state index contributed by atoms with van der Waals surface area (Å²) in [6.07, 6.45) is 10.7. The molecule has 2 fully saturated rings. The van der Waals surface area contributed by atoms with Crippen LogP contribution in [0.2, 0.25) is 0 Å². The van der Waals surface area contributed by atoms with Gasteiger partial charge in [-0.05, 0) is 54.7 Å². The van der Waals surface area contributed by atoms with Crippen LogP contribution in [0.3, 0.4) is 0 Å². The summed E-state index contributed by atoms with van der Waals surface area (Å²) in [6.45, 7) is 1.69. The Labute approximate surface area is 200 Å². The minimum atomic E-state index is -0.719. The fourth-order valence-corrected chi connectivity index (χ4v) is 5.68. The Balaban J connectivity index is 1.59. The van der Waals surface area contributed by atoms with Crippen molar-refractivity contribution in [1.82, 2.24) is 15.0 Å². The number of aromatic nitrogens is 3. The summed E-state index contributed by atoms with van der Waals surface area (Å²) < 4.78 is 36.0. The average molecular weight is 472 g/mol. The number of nitrogens with zero attached hydrogens (tertiary/aromatic N) is 4. The molecule has 2 unspecified atom stereocenters. The van der Waals surface area contributed by atoms with E-state index in [0.29, 0.717) is 33.8 Å². The van der Waals surface area contributed by atoms with Crippen LogP contribution in [-0.4, -0.2) is 40.3 Å². The number of ether oxygens (including phenoxy) is 1. The van der Waals surface area contributed by atoms with Gasteiger partial charge < -0.3 is 14.7 Å². The maximum atomic E-state index is 16.1.